The van der Waals surface area contributed by atoms with Crippen LogP contribution in [0.15, 0.2) is 43.0 Å². The van der Waals surface area contributed by atoms with Gasteiger partial charge in [0.25, 0.3) is 0 Å². The standard InChI is InChI=1S/C13H16N2.F6P/c1-3-12-5-4-6-13(9-12)11(2)15-8-7-14-10-15;1-7(2,3,4,5)6/h4-11H,3H2,1-2H3;/q;-1/p+1. The molecule has 0 aliphatic heterocycles. The van der Waals surface area contributed by atoms with Gasteiger partial charge in [0.15, 0.2) is 0 Å². The van der Waals surface area contributed by atoms with Crippen LogP contribution >= 0.6 is 7.81 Å². The molecule has 2 rings (SSSR count). The van der Waals surface area contributed by atoms with E-state index in [0.29, 0.717) is 6.04 Å². The first-order chi connectivity index (χ1) is 9.76. The van der Waals surface area contributed by atoms with Gasteiger partial charge in [-0.05, 0) is 24.5 Å². The number of aromatic nitrogens is 2. The van der Waals surface area contributed by atoms with Crippen molar-refractivity contribution in [2.45, 2.75) is 26.3 Å². The number of rotatable bonds is 3. The number of H-pyrrole nitrogens is 1. The SMILES string of the molecule is CCc1cccc(C(C)[n+]2cc[nH]c2)c1.F[P-](F)(F)(F)(F)F. The molecule has 0 fully saturated rings. The van der Waals surface area contributed by atoms with Crippen LogP contribution < -0.4 is 4.57 Å². The minimum absolute atomic E-state index is 0.391. The average Bonchev–Trinajstić information content (AvgIpc) is 2.88. The Labute approximate surface area is 124 Å². The van der Waals surface area contributed by atoms with Crippen molar-refractivity contribution in [1.82, 2.24) is 4.98 Å². The number of aromatic amines is 1. The van der Waals surface area contributed by atoms with Crippen LogP contribution in [0.3, 0.4) is 0 Å². The van der Waals surface area contributed by atoms with Crippen LogP contribution in [-0.2, 0) is 6.42 Å². The number of nitrogens with zero attached hydrogens (tertiary/aromatic N) is 1. The van der Waals surface area contributed by atoms with Gasteiger partial charge in [0.1, 0.15) is 18.4 Å². The summed E-state index contributed by atoms with van der Waals surface area (Å²) >= 11 is 0. The summed E-state index contributed by atoms with van der Waals surface area (Å²) in [7, 11) is -10.7. The zero-order valence-corrected chi connectivity index (χ0v) is 12.9. The van der Waals surface area contributed by atoms with Gasteiger partial charge < -0.3 is 0 Å². The summed E-state index contributed by atoms with van der Waals surface area (Å²) in [4.78, 5) is 3.07. The monoisotopic (exact) mass is 346 g/mol. The van der Waals surface area contributed by atoms with Crippen molar-refractivity contribution in [3.8, 4) is 0 Å². The Kier molecular flexibility index (Phi) is 4.68. The predicted octanol–water partition coefficient (Wildman–Crippen LogP) is 5.86. The van der Waals surface area contributed by atoms with Crippen LogP contribution in [0.2, 0.25) is 0 Å². The number of hydrogen-bond acceptors (Lipinski definition) is 0. The maximum atomic E-state index is 9.87. The second-order valence-corrected chi connectivity index (χ2v) is 6.71. The number of nitrogens with one attached hydrogen (secondary N) is 1. The van der Waals surface area contributed by atoms with Gasteiger partial charge in [-0.15, -0.1) is 0 Å². The molecule has 1 heterocycles. The predicted molar refractivity (Wildman–Crippen MR) is 74.2 cm³/mol. The Bertz CT molecular complexity index is 595. The van der Waals surface area contributed by atoms with E-state index < -0.39 is 7.81 Å². The first-order valence-corrected chi connectivity index (χ1v) is 8.48. The van der Waals surface area contributed by atoms with Gasteiger partial charge in [0.05, 0.1) is 0 Å². The average molecular weight is 346 g/mol. The second-order valence-electron chi connectivity index (χ2n) is 4.79. The molecule has 0 aliphatic carbocycles. The Morgan fingerprint density at radius 2 is 1.73 bits per heavy atom. The van der Waals surface area contributed by atoms with Gasteiger partial charge in [0.2, 0.25) is 6.33 Å². The van der Waals surface area contributed by atoms with Gasteiger partial charge >= 0.3 is 33.0 Å². The van der Waals surface area contributed by atoms with E-state index in [0.717, 1.165) is 6.42 Å². The van der Waals surface area contributed by atoms with Crippen molar-refractivity contribution < 1.29 is 29.7 Å². The fourth-order valence-electron chi connectivity index (χ4n) is 1.79. The molecule has 1 aromatic carbocycles. The molecule has 0 saturated carbocycles. The van der Waals surface area contributed by atoms with Crippen molar-refractivity contribution in [2.75, 3.05) is 0 Å². The Morgan fingerprint density at radius 3 is 2.18 bits per heavy atom. The van der Waals surface area contributed by atoms with Crippen molar-refractivity contribution in [3.63, 3.8) is 0 Å². The molecule has 2 nitrogen and oxygen atoms in total. The number of benzene rings is 1. The van der Waals surface area contributed by atoms with Crippen LogP contribution in [0.1, 0.15) is 31.0 Å². The summed E-state index contributed by atoms with van der Waals surface area (Å²) in [5, 5.41) is 0. The molecular weight excluding hydrogens is 329 g/mol. The molecule has 0 bridgehead atoms. The van der Waals surface area contributed by atoms with E-state index in [1.807, 2.05) is 12.5 Å². The first-order valence-electron chi connectivity index (χ1n) is 6.45. The summed E-state index contributed by atoms with van der Waals surface area (Å²) in [5.41, 5.74) is 2.76. The van der Waals surface area contributed by atoms with E-state index >= 15 is 0 Å². The van der Waals surface area contributed by atoms with Gasteiger partial charge in [-0.2, -0.15) is 0 Å². The van der Waals surface area contributed by atoms with E-state index in [9.17, 15) is 25.2 Å². The zero-order chi connectivity index (χ0) is 17.1. The molecule has 126 valence electrons. The first kappa shape index (κ1) is 18.5. The summed E-state index contributed by atoms with van der Waals surface area (Å²) in [6.45, 7) is 4.40. The third-order valence-corrected chi connectivity index (χ3v) is 2.86. The molecule has 1 N–H and O–H groups in total. The van der Waals surface area contributed by atoms with Crippen molar-refractivity contribution in [1.29, 1.82) is 0 Å². The molecular formula is C13H17F6N2P. The van der Waals surface area contributed by atoms with Crippen LogP contribution in [0.5, 0.6) is 0 Å². The molecule has 0 amide bonds. The second kappa shape index (κ2) is 5.57. The molecule has 0 radical (unpaired) electrons. The quantitative estimate of drug-likeness (QED) is 0.408. The van der Waals surface area contributed by atoms with E-state index in [1.165, 1.54) is 11.1 Å². The molecule has 1 atom stereocenters. The Morgan fingerprint density at radius 1 is 1.14 bits per heavy atom. The van der Waals surface area contributed by atoms with Gasteiger partial charge in [-0.25, -0.2) is 4.57 Å². The fraction of sp³-hybridized carbons (Fsp3) is 0.308. The van der Waals surface area contributed by atoms with Crippen molar-refractivity contribution >= 4 is 7.81 Å². The molecule has 9 heteroatoms. The number of imidazole rings is 1. The summed E-state index contributed by atoms with van der Waals surface area (Å²) in [6.07, 6.45) is 7.09. The topological polar surface area (TPSA) is 19.7 Å². The summed E-state index contributed by atoms with van der Waals surface area (Å²) in [6, 6.07) is 9.17. The van der Waals surface area contributed by atoms with Gasteiger partial charge in [0, 0.05) is 0 Å². The summed E-state index contributed by atoms with van der Waals surface area (Å²) in [5.74, 6) is 0. The minimum atomic E-state index is -10.7. The Balaban J connectivity index is 0.000000295. The molecule has 0 saturated heterocycles. The number of halogens is 6. The normalized spacial score (nSPS) is 16.0. The molecule has 22 heavy (non-hydrogen) atoms. The fourth-order valence-corrected chi connectivity index (χ4v) is 1.79. The van der Waals surface area contributed by atoms with Crippen LogP contribution in [-0.4, -0.2) is 4.98 Å². The zero-order valence-electron chi connectivity index (χ0n) is 12.0. The van der Waals surface area contributed by atoms with Crippen molar-refractivity contribution in [3.05, 3.63) is 54.1 Å². The van der Waals surface area contributed by atoms with Crippen LogP contribution in [0.25, 0.3) is 0 Å². The number of aryl methyl sites for hydroxylation is 1. The van der Waals surface area contributed by atoms with E-state index in [1.54, 1.807) is 0 Å². The van der Waals surface area contributed by atoms with E-state index in [-0.39, 0.29) is 0 Å². The number of hydrogen-bond donors (Lipinski definition) is 1. The molecule has 2 aromatic rings. The maximum absolute atomic E-state index is 10.7. The van der Waals surface area contributed by atoms with Crippen LogP contribution in [0.4, 0.5) is 25.2 Å². The van der Waals surface area contributed by atoms with Crippen LogP contribution in [0, 0.1) is 0 Å². The van der Waals surface area contributed by atoms with Gasteiger partial charge in [-0.3, -0.25) is 4.98 Å². The van der Waals surface area contributed by atoms with E-state index in [4.69, 9.17) is 0 Å². The molecule has 1 unspecified atom stereocenters. The van der Waals surface area contributed by atoms with Crippen molar-refractivity contribution in [2.24, 2.45) is 0 Å². The van der Waals surface area contributed by atoms with E-state index in [2.05, 4.69) is 53.9 Å². The molecule has 1 aromatic heterocycles. The molecule has 0 spiro atoms. The van der Waals surface area contributed by atoms with Gasteiger partial charge in [-0.1, -0.05) is 31.2 Å². The third kappa shape index (κ3) is 8.67. The molecule has 0 aliphatic rings. The Hall–Kier alpha value is -1.56. The third-order valence-electron chi connectivity index (χ3n) is 2.86. The summed E-state index contributed by atoms with van der Waals surface area (Å²) < 4.78 is 61.4.